The number of ether oxygens (including phenoxy) is 1. The third-order valence-corrected chi connectivity index (χ3v) is 3.52. The van der Waals surface area contributed by atoms with Crippen LogP contribution in [0.1, 0.15) is 25.7 Å². The van der Waals surface area contributed by atoms with Crippen molar-refractivity contribution in [2.75, 3.05) is 18.5 Å². The van der Waals surface area contributed by atoms with E-state index in [9.17, 15) is 0 Å². The summed E-state index contributed by atoms with van der Waals surface area (Å²) >= 11 is 11.9. The summed E-state index contributed by atoms with van der Waals surface area (Å²) in [5.74, 6) is 0. The molecule has 1 aliphatic rings. The molecule has 1 aromatic rings. The fourth-order valence-corrected chi connectivity index (χ4v) is 2.53. The van der Waals surface area contributed by atoms with Crippen molar-refractivity contribution in [1.29, 1.82) is 0 Å². The number of anilines is 1. The Balaban J connectivity index is 1.70. The molecule has 4 heteroatoms. The molecule has 1 unspecified atom stereocenters. The van der Waals surface area contributed by atoms with Crippen molar-refractivity contribution in [1.82, 2.24) is 0 Å². The maximum atomic E-state index is 6.06. The largest absolute Gasteiger partial charge is 0.384 e. The van der Waals surface area contributed by atoms with Gasteiger partial charge in [0.1, 0.15) is 0 Å². The molecule has 1 N–H and O–H groups in total. The molecule has 1 heterocycles. The number of rotatable bonds is 5. The van der Waals surface area contributed by atoms with Crippen LogP contribution in [-0.2, 0) is 4.74 Å². The van der Waals surface area contributed by atoms with Crippen LogP contribution in [0, 0.1) is 0 Å². The van der Waals surface area contributed by atoms with Gasteiger partial charge in [-0.25, -0.2) is 0 Å². The normalized spacial score (nSPS) is 19.5. The number of halogens is 2. The summed E-state index contributed by atoms with van der Waals surface area (Å²) in [6.07, 6.45) is 5.11. The second-order valence-electron chi connectivity index (χ2n) is 4.33. The highest BCUT2D eigenvalue weighted by atomic mass is 35.5. The van der Waals surface area contributed by atoms with Crippen LogP contribution in [0.5, 0.6) is 0 Å². The van der Waals surface area contributed by atoms with Crippen molar-refractivity contribution < 1.29 is 4.74 Å². The van der Waals surface area contributed by atoms with Crippen molar-refractivity contribution in [3.05, 3.63) is 28.2 Å². The van der Waals surface area contributed by atoms with E-state index in [1.165, 1.54) is 12.8 Å². The SMILES string of the molecule is Clc1ccc(NCCCC2CCCO2)c(Cl)c1. The second kappa shape index (κ2) is 6.48. The molecule has 17 heavy (non-hydrogen) atoms. The van der Waals surface area contributed by atoms with Gasteiger partial charge in [0.05, 0.1) is 16.8 Å². The standard InChI is InChI=1S/C13H17Cl2NO/c14-10-5-6-13(12(15)9-10)16-7-1-3-11-4-2-8-17-11/h5-6,9,11,16H,1-4,7-8H2. The molecule has 0 spiro atoms. The third kappa shape index (κ3) is 4.06. The van der Waals surface area contributed by atoms with Gasteiger partial charge in [0.2, 0.25) is 0 Å². The third-order valence-electron chi connectivity index (χ3n) is 2.97. The van der Waals surface area contributed by atoms with Crippen LogP contribution < -0.4 is 5.32 Å². The minimum atomic E-state index is 0.470. The van der Waals surface area contributed by atoms with Crippen LogP contribution >= 0.6 is 23.2 Å². The first-order valence-corrected chi connectivity index (χ1v) is 6.82. The maximum absolute atomic E-state index is 6.06. The number of hydrogen-bond donors (Lipinski definition) is 1. The Hall–Kier alpha value is -0.440. The lowest BCUT2D eigenvalue weighted by Gasteiger charge is -2.11. The summed E-state index contributed by atoms with van der Waals surface area (Å²) in [5, 5.41) is 4.66. The van der Waals surface area contributed by atoms with Gasteiger partial charge in [-0.15, -0.1) is 0 Å². The molecule has 2 rings (SSSR count). The Kier molecular flexibility index (Phi) is 4.96. The van der Waals surface area contributed by atoms with E-state index in [2.05, 4.69) is 5.32 Å². The molecule has 0 aliphatic carbocycles. The molecular weight excluding hydrogens is 257 g/mol. The van der Waals surface area contributed by atoms with Crippen LogP contribution in [0.2, 0.25) is 10.0 Å². The zero-order valence-electron chi connectivity index (χ0n) is 9.72. The van der Waals surface area contributed by atoms with Gasteiger partial charge in [0.25, 0.3) is 0 Å². The molecular formula is C13H17Cl2NO. The van der Waals surface area contributed by atoms with Crippen LogP contribution in [0.25, 0.3) is 0 Å². The predicted molar refractivity (Wildman–Crippen MR) is 73.2 cm³/mol. The molecule has 0 aromatic heterocycles. The number of nitrogens with one attached hydrogen (secondary N) is 1. The Morgan fingerprint density at radius 3 is 2.94 bits per heavy atom. The molecule has 94 valence electrons. The van der Waals surface area contributed by atoms with Crippen molar-refractivity contribution >= 4 is 28.9 Å². The van der Waals surface area contributed by atoms with Gasteiger partial charge in [-0.2, -0.15) is 0 Å². The monoisotopic (exact) mass is 273 g/mol. The Bertz CT molecular complexity index is 364. The van der Waals surface area contributed by atoms with Gasteiger partial charge in [-0.1, -0.05) is 23.2 Å². The van der Waals surface area contributed by atoms with Gasteiger partial charge < -0.3 is 10.1 Å². The summed E-state index contributed by atoms with van der Waals surface area (Å²) in [4.78, 5) is 0. The molecule has 0 bridgehead atoms. The topological polar surface area (TPSA) is 21.3 Å². The molecule has 0 amide bonds. The minimum absolute atomic E-state index is 0.470. The molecule has 0 radical (unpaired) electrons. The summed E-state index contributed by atoms with van der Waals surface area (Å²) in [5.41, 5.74) is 0.948. The molecule has 0 saturated carbocycles. The quantitative estimate of drug-likeness (QED) is 0.805. The predicted octanol–water partition coefficient (Wildman–Crippen LogP) is 4.36. The van der Waals surface area contributed by atoms with Gasteiger partial charge in [-0.3, -0.25) is 0 Å². The first kappa shape index (κ1) is 13.0. The van der Waals surface area contributed by atoms with Gasteiger partial charge in [0.15, 0.2) is 0 Å². The van der Waals surface area contributed by atoms with Gasteiger partial charge in [-0.05, 0) is 43.9 Å². The van der Waals surface area contributed by atoms with Crippen molar-refractivity contribution in [3.63, 3.8) is 0 Å². The van der Waals surface area contributed by atoms with Crippen LogP contribution in [-0.4, -0.2) is 19.3 Å². The zero-order chi connectivity index (χ0) is 12.1. The number of hydrogen-bond acceptors (Lipinski definition) is 2. The van der Waals surface area contributed by atoms with Crippen molar-refractivity contribution in [2.24, 2.45) is 0 Å². The van der Waals surface area contributed by atoms with E-state index in [0.717, 1.165) is 31.7 Å². The second-order valence-corrected chi connectivity index (χ2v) is 5.17. The summed E-state index contributed by atoms with van der Waals surface area (Å²) < 4.78 is 5.57. The molecule has 1 aromatic carbocycles. The Morgan fingerprint density at radius 1 is 1.35 bits per heavy atom. The van der Waals surface area contributed by atoms with Crippen molar-refractivity contribution in [2.45, 2.75) is 31.8 Å². The van der Waals surface area contributed by atoms with Gasteiger partial charge in [0, 0.05) is 18.2 Å². The molecule has 1 aliphatic heterocycles. The average molecular weight is 274 g/mol. The summed E-state index contributed by atoms with van der Waals surface area (Å²) in [6, 6.07) is 5.51. The van der Waals surface area contributed by atoms with E-state index >= 15 is 0 Å². The average Bonchev–Trinajstić information content (AvgIpc) is 2.79. The molecule has 1 fully saturated rings. The molecule has 1 saturated heterocycles. The number of benzene rings is 1. The highest BCUT2D eigenvalue weighted by Crippen LogP contribution is 2.25. The fourth-order valence-electron chi connectivity index (χ4n) is 2.06. The first-order valence-electron chi connectivity index (χ1n) is 6.06. The first-order chi connectivity index (χ1) is 8.25. The zero-order valence-corrected chi connectivity index (χ0v) is 11.2. The van der Waals surface area contributed by atoms with E-state index in [1.54, 1.807) is 6.07 Å². The Labute approximate surface area is 112 Å². The molecule has 2 nitrogen and oxygen atoms in total. The summed E-state index contributed by atoms with van der Waals surface area (Å²) in [6.45, 7) is 1.85. The Morgan fingerprint density at radius 2 is 2.24 bits per heavy atom. The van der Waals surface area contributed by atoms with Crippen LogP contribution in [0.3, 0.4) is 0 Å². The van der Waals surface area contributed by atoms with E-state index < -0.39 is 0 Å². The minimum Gasteiger partial charge on any atom is -0.384 e. The van der Waals surface area contributed by atoms with E-state index in [1.807, 2.05) is 12.1 Å². The molecule has 1 atom stereocenters. The lowest BCUT2D eigenvalue weighted by molar-refractivity contribution is 0.103. The lowest BCUT2D eigenvalue weighted by Crippen LogP contribution is -2.09. The lowest BCUT2D eigenvalue weighted by atomic mass is 10.1. The highest BCUT2D eigenvalue weighted by Gasteiger charge is 2.14. The maximum Gasteiger partial charge on any atom is 0.0652 e. The van der Waals surface area contributed by atoms with Crippen LogP contribution in [0.4, 0.5) is 5.69 Å². The van der Waals surface area contributed by atoms with Crippen LogP contribution in [0.15, 0.2) is 18.2 Å². The van der Waals surface area contributed by atoms with E-state index in [-0.39, 0.29) is 0 Å². The van der Waals surface area contributed by atoms with Gasteiger partial charge >= 0.3 is 0 Å². The van der Waals surface area contributed by atoms with E-state index in [0.29, 0.717) is 16.1 Å². The summed E-state index contributed by atoms with van der Waals surface area (Å²) in [7, 11) is 0. The van der Waals surface area contributed by atoms with Crippen molar-refractivity contribution in [3.8, 4) is 0 Å². The smallest absolute Gasteiger partial charge is 0.0652 e. The highest BCUT2D eigenvalue weighted by molar-refractivity contribution is 6.36. The van der Waals surface area contributed by atoms with E-state index in [4.69, 9.17) is 27.9 Å². The fraction of sp³-hybridized carbons (Fsp3) is 0.538.